The molecule has 0 aliphatic carbocycles. The third kappa shape index (κ3) is 2.16. The number of hydrogen-bond acceptors (Lipinski definition) is 4. The van der Waals surface area contributed by atoms with E-state index in [4.69, 9.17) is 5.11 Å². The van der Waals surface area contributed by atoms with Crippen LogP contribution in [0.5, 0.6) is 0 Å². The molecule has 0 saturated heterocycles. The van der Waals surface area contributed by atoms with E-state index in [0.717, 1.165) is 16.6 Å². The molecule has 1 unspecified atom stereocenters. The van der Waals surface area contributed by atoms with Crippen LogP contribution < -0.4 is 10.6 Å². The van der Waals surface area contributed by atoms with Crippen LogP contribution in [0.15, 0.2) is 30.5 Å². The zero-order valence-corrected chi connectivity index (χ0v) is 10.6. The van der Waals surface area contributed by atoms with Crippen LogP contribution in [0.3, 0.4) is 0 Å². The molecular formula is C14H13N3O3. The number of nitrogens with one attached hydrogen (secondary N) is 2. The molecular weight excluding hydrogens is 258 g/mol. The summed E-state index contributed by atoms with van der Waals surface area (Å²) in [4.78, 5) is 26.8. The Morgan fingerprint density at radius 2 is 2.15 bits per heavy atom. The minimum Gasteiger partial charge on any atom is -0.481 e. The third-order valence-electron chi connectivity index (χ3n) is 3.32. The molecule has 6 nitrogen and oxygen atoms in total. The van der Waals surface area contributed by atoms with Crippen molar-refractivity contribution in [3.63, 3.8) is 0 Å². The number of aliphatic carboxylic acids is 1. The first-order valence-corrected chi connectivity index (χ1v) is 6.32. The highest BCUT2D eigenvalue weighted by Gasteiger charge is 2.27. The van der Waals surface area contributed by atoms with Crippen LogP contribution in [0.25, 0.3) is 10.9 Å². The number of para-hydroxylation sites is 1. The first-order valence-electron chi connectivity index (χ1n) is 6.32. The average molecular weight is 271 g/mol. The van der Waals surface area contributed by atoms with E-state index in [1.54, 1.807) is 6.20 Å². The summed E-state index contributed by atoms with van der Waals surface area (Å²) in [6.07, 6.45) is 1.80. The minimum absolute atomic E-state index is 0.0521. The van der Waals surface area contributed by atoms with Crippen molar-refractivity contribution < 1.29 is 14.7 Å². The van der Waals surface area contributed by atoms with E-state index in [1.165, 1.54) is 0 Å². The number of benzene rings is 1. The maximum atomic E-state index is 11.9. The second-order valence-corrected chi connectivity index (χ2v) is 4.68. The van der Waals surface area contributed by atoms with Gasteiger partial charge in [0.1, 0.15) is 6.04 Å². The van der Waals surface area contributed by atoms with Gasteiger partial charge in [0.15, 0.2) is 0 Å². The van der Waals surface area contributed by atoms with Gasteiger partial charge >= 0.3 is 5.97 Å². The number of hydrogen-bond donors (Lipinski definition) is 3. The number of carboxylic acids is 1. The molecule has 3 N–H and O–H groups in total. The highest BCUT2D eigenvalue weighted by atomic mass is 16.4. The normalized spacial score (nSPS) is 17.2. The lowest BCUT2D eigenvalue weighted by atomic mass is 10.0. The van der Waals surface area contributed by atoms with E-state index in [0.29, 0.717) is 5.69 Å². The summed E-state index contributed by atoms with van der Waals surface area (Å²) >= 11 is 0. The van der Waals surface area contributed by atoms with Gasteiger partial charge < -0.3 is 15.7 Å². The van der Waals surface area contributed by atoms with E-state index < -0.39 is 12.0 Å². The summed E-state index contributed by atoms with van der Waals surface area (Å²) < 4.78 is 0. The number of aromatic nitrogens is 1. The fraction of sp³-hybridized carbons (Fsp3) is 0.214. The first kappa shape index (κ1) is 12.4. The van der Waals surface area contributed by atoms with Crippen molar-refractivity contribution in [3.05, 3.63) is 30.5 Å². The molecule has 1 atom stereocenters. The quantitative estimate of drug-likeness (QED) is 0.792. The van der Waals surface area contributed by atoms with Crippen LogP contribution in [0.1, 0.15) is 12.8 Å². The maximum absolute atomic E-state index is 11.9. The molecule has 1 amide bonds. The number of rotatable bonds is 3. The third-order valence-corrected chi connectivity index (χ3v) is 3.32. The summed E-state index contributed by atoms with van der Waals surface area (Å²) in [7, 11) is 0. The van der Waals surface area contributed by atoms with Crippen LogP contribution in [-0.2, 0) is 9.59 Å². The lowest BCUT2D eigenvalue weighted by Crippen LogP contribution is -2.39. The van der Waals surface area contributed by atoms with Gasteiger partial charge in [0, 0.05) is 11.8 Å². The van der Waals surface area contributed by atoms with Gasteiger partial charge in [0.2, 0.25) is 5.91 Å². The molecule has 1 aromatic carbocycles. The lowest BCUT2D eigenvalue weighted by Gasteiger charge is -2.27. The fourth-order valence-electron chi connectivity index (χ4n) is 2.32. The Hall–Kier alpha value is -2.63. The molecule has 102 valence electrons. The summed E-state index contributed by atoms with van der Waals surface area (Å²) in [5.74, 6) is -1.14. The van der Waals surface area contributed by atoms with Gasteiger partial charge in [-0.25, -0.2) is 0 Å². The van der Waals surface area contributed by atoms with Gasteiger partial charge in [0.25, 0.3) is 0 Å². The second kappa shape index (κ2) is 4.80. The van der Waals surface area contributed by atoms with Gasteiger partial charge in [-0.15, -0.1) is 0 Å². The fourth-order valence-corrected chi connectivity index (χ4v) is 2.32. The first-order chi connectivity index (χ1) is 9.65. The van der Waals surface area contributed by atoms with Crippen molar-refractivity contribution in [2.45, 2.75) is 18.9 Å². The Bertz CT molecular complexity index is 699. The van der Waals surface area contributed by atoms with Crippen LogP contribution in [0, 0.1) is 0 Å². The highest BCUT2D eigenvalue weighted by Crippen LogP contribution is 2.33. The molecule has 20 heavy (non-hydrogen) atoms. The van der Waals surface area contributed by atoms with Crippen molar-refractivity contribution in [2.24, 2.45) is 0 Å². The molecule has 0 spiro atoms. The van der Waals surface area contributed by atoms with Crippen LogP contribution in [0.2, 0.25) is 0 Å². The number of carbonyl (C=O) groups is 2. The number of carbonyl (C=O) groups excluding carboxylic acids is 1. The number of pyridine rings is 1. The number of fused-ring (bicyclic) bond motifs is 3. The van der Waals surface area contributed by atoms with Gasteiger partial charge in [-0.1, -0.05) is 18.2 Å². The zero-order valence-electron chi connectivity index (χ0n) is 10.6. The monoisotopic (exact) mass is 271 g/mol. The number of amides is 1. The summed E-state index contributed by atoms with van der Waals surface area (Å²) in [5, 5.41) is 15.5. The van der Waals surface area contributed by atoms with Crippen molar-refractivity contribution in [2.75, 3.05) is 10.6 Å². The number of nitrogens with zero attached hydrogens (tertiary/aromatic N) is 1. The van der Waals surface area contributed by atoms with Gasteiger partial charge in [-0.3, -0.25) is 14.6 Å². The summed E-state index contributed by atoms with van der Waals surface area (Å²) in [6.45, 7) is 0. The SMILES string of the molecule is O=C(O)CCC1Nc2c(cnc3ccccc23)NC1=O. The zero-order chi connectivity index (χ0) is 14.1. The molecule has 0 saturated carbocycles. The van der Waals surface area contributed by atoms with Crippen LogP contribution >= 0.6 is 0 Å². The highest BCUT2D eigenvalue weighted by molar-refractivity contribution is 6.09. The molecule has 1 aliphatic heterocycles. The Morgan fingerprint density at radius 1 is 1.35 bits per heavy atom. The topological polar surface area (TPSA) is 91.3 Å². The Labute approximate surface area is 114 Å². The Kier molecular flexibility index (Phi) is 2.98. The maximum Gasteiger partial charge on any atom is 0.303 e. The van der Waals surface area contributed by atoms with E-state index in [1.807, 2.05) is 24.3 Å². The second-order valence-electron chi connectivity index (χ2n) is 4.68. The van der Waals surface area contributed by atoms with Gasteiger partial charge in [-0.2, -0.15) is 0 Å². The van der Waals surface area contributed by atoms with Gasteiger partial charge in [-0.05, 0) is 12.5 Å². The molecule has 6 heteroatoms. The molecule has 1 aliphatic rings. The summed E-state index contributed by atoms with van der Waals surface area (Å²) in [5.41, 5.74) is 2.25. The van der Waals surface area contributed by atoms with Crippen molar-refractivity contribution in [3.8, 4) is 0 Å². The number of carboxylic acid groups (broad SMARTS) is 1. The smallest absolute Gasteiger partial charge is 0.303 e. The van der Waals surface area contributed by atoms with Crippen molar-refractivity contribution in [1.82, 2.24) is 4.98 Å². The molecule has 2 aromatic rings. The lowest BCUT2D eigenvalue weighted by molar-refractivity contribution is -0.137. The van der Waals surface area contributed by atoms with Crippen LogP contribution in [0.4, 0.5) is 11.4 Å². The largest absolute Gasteiger partial charge is 0.481 e. The standard InChI is InChI=1S/C14H13N3O3/c18-12(19)6-5-10-14(20)17-11-7-15-9-4-2-1-3-8(9)13(11)16-10/h1-4,7,10,16H,5-6H2,(H,17,20)(H,18,19). The van der Waals surface area contributed by atoms with E-state index >= 15 is 0 Å². The summed E-state index contributed by atoms with van der Waals surface area (Å²) in [6, 6.07) is 7.06. The van der Waals surface area contributed by atoms with E-state index in [9.17, 15) is 9.59 Å². The molecule has 0 radical (unpaired) electrons. The van der Waals surface area contributed by atoms with Crippen LogP contribution in [-0.4, -0.2) is 28.0 Å². The predicted octanol–water partition coefficient (Wildman–Crippen LogP) is 1.83. The molecule has 0 fully saturated rings. The predicted molar refractivity (Wildman–Crippen MR) is 74.7 cm³/mol. The van der Waals surface area contributed by atoms with Crippen molar-refractivity contribution in [1.29, 1.82) is 0 Å². The average Bonchev–Trinajstić information content (AvgIpc) is 2.44. The minimum atomic E-state index is -0.912. The Morgan fingerprint density at radius 3 is 2.95 bits per heavy atom. The van der Waals surface area contributed by atoms with E-state index in [-0.39, 0.29) is 18.7 Å². The Balaban J connectivity index is 1.97. The molecule has 2 heterocycles. The van der Waals surface area contributed by atoms with E-state index in [2.05, 4.69) is 15.6 Å². The molecule has 0 bridgehead atoms. The van der Waals surface area contributed by atoms with Gasteiger partial charge in [0.05, 0.1) is 23.1 Å². The molecule has 1 aromatic heterocycles. The molecule has 3 rings (SSSR count). The van der Waals surface area contributed by atoms with Crippen molar-refractivity contribution >= 4 is 34.2 Å². The number of anilines is 2.